The summed E-state index contributed by atoms with van der Waals surface area (Å²) in [6.07, 6.45) is 4.29. The van der Waals surface area contributed by atoms with Gasteiger partial charge in [0.25, 0.3) is 5.91 Å². The number of aromatic nitrogens is 1. The molecule has 0 unspecified atom stereocenters. The molecule has 4 nitrogen and oxygen atoms in total. The molecular formula is C12H19N3OS. The van der Waals surface area contributed by atoms with Crippen LogP contribution in [0.15, 0.2) is 0 Å². The number of thiazole rings is 1. The Morgan fingerprint density at radius 3 is 2.59 bits per heavy atom. The molecule has 3 N–H and O–H groups in total. The molecule has 1 amide bonds. The number of rotatable bonds is 3. The Labute approximate surface area is 106 Å². The van der Waals surface area contributed by atoms with Crippen molar-refractivity contribution >= 4 is 17.2 Å². The molecule has 1 fully saturated rings. The average Bonchev–Trinajstić information content (AvgIpc) is 2.86. The smallest absolute Gasteiger partial charge is 0.263 e. The van der Waals surface area contributed by atoms with Gasteiger partial charge in [-0.3, -0.25) is 4.79 Å². The zero-order valence-corrected chi connectivity index (χ0v) is 11.2. The highest BCUT2D eigenvalue weighted by atomic mass is 32.1. The first-order chi connectivity index (χ1) is 8.06. The molecule has 0 spiro atoms. The highest BCUT2D eigenvalue weighted by Crippen LogP contribution is 2.29. The SMILES string of the molecule is Cc1nc(C)c(C(=O)NC2(CN)CCCC2)s1. The van der Waals surface area contributed by atoms with Crippen LogP contribution in [0.5, 0.6) is 0 Å². The Bertz CT molecular complexity index is 421. The zero-order chi connectivity index (χ0) is 12.5. The lowest BCUT2D eigenvalue weighted by Gasteiger charge is -2.28. The average molecular weight is 253 g/mol. The minimum Gasteiger partial charge on any atom is -0.345 e. The lowest BCUT2D eigenvalue weighted by Crippen LogP contribution is -2.51. The lowest BCUT2D eigenvalue weighted by molar-refractivity contribution is 0.0906. The monoisotopic (exact) mass is 253 g/mol. The van der Waals surface area contributed by atoms with Crippen LogP contribution in [-0.4, -0.2) is 23.0 Å². The first kappa shape index (κ1) is 12.5. The molecule has 0 radical (unpaired) electrons. The molecule has 0 aromatic carbocycles. The third-order valence-electron chi connectivity index (χ3n) is 3.44. The zero-order valence-electron chi connectivity index (χ0n) is 10.4. The quantitative estimate of drug-likeness (QED) is 0.862. The summed E-state index contributed by atoms with van der Waals surface area (Å²) < 4.78 is 0. The van der Waals surface area contributed by atoms with Gasteiger partial charge in [0.1, 0.15) is 4.88 Å². The summed E-state index contributed by atoms with van der Waals surface area (Å²) in [5.41, 5.74) is 6.45. The summed E-state index contributed by atoms with van der Waals surface area (Å²) >= 11 is 1.45. The molecule has 17 heavy (non-hydrogen) atoms. The Hall–Kier alpha value is -0.940. The number of nitrogens with two attached hydrogens (primary N) is 1. The van der Waals surface area contributed by atoms with Crippen molar-refractivity contribution in [3.8, 4) is 0 Å². The molecule has 5 heteroatoms. The molecule has 0 bridgehead atoms. The minimum atomic E-state index is -0.179. The van der Waals surface area contributed by atoms with Gasteiger partial charge < -0.3 is 11.1 Å². The van der Waals surface area contributed by atoms with Crippen LogP contribution in [-0.2, 0) is 0 Å². The number of hydrogen-bond acceptors (Lipinski definition) is 4. The van der Waals surface area contributed by atoms with E-state index < -0.39 is 0 Å². The van der Waals surface area contributed by atoms with Crippen LogP contribution >= 0.6 is 11.3 Å². The van der Waals surface area contributed by atoms with Gasteiger partial charge in [-0.15, -0.1) is 11.3 Å². The van der Waals surface area contributed by atoms with E-state index in [0.29, 0.717) is 6.54 Å². The van der Waals surface area contributed by atoms with Gasteiger partial charge in [-0.1, -0.05) is 12.8 Å². The maximum atomic E-state index is 12.2. The Morgan fingerprint density at radius 2 is 2.12 bits per heavy atom. The van der Waals surface area contributed by atoms with Crippen LogP contribution in [0.25, 0.3) is 0 Å². The summed E-state index contributed by atoms with van der Waals surface area (Å²) in [7, 11) is 0. The molecule has 1 aliphatic carbocycles. The van der Waals surface area contributed by atoms with Gasteiger partial charge in [0.15, 0.2) is 0 Å². The number of carbonyl (C=O) groups excluding carboxylic acids is 1. The normalized spacial score (nSPS) is 18.3. The summed E-state index contributed by atoms with van der Waals surface area (Å²) in [5.74, 6) is -0.0135. The van der Waals surface area contributed by atoms with E-state index in [9.17, 15) is 4.79 Å². The van der Waals surface area contributed by atoms with Gasteiger partial charge in [-0.05, 0) is 26.7 Å². The van der Waals surface area contributed by atoms with Gasteiger partial charge in [-0.2, -0.15) is 0 Å². The maximum absolute atomic E-state index is 12.2. The van der Waals surface area contributed by atoms with Crippen molar-refractivity contribution in [1.29, 1.82) is 0 Å². The molecule has 94 valence electrons. The molecule has 0 aliphatic heterocycles. The summed E-state index contributed by atoms with van der Waals surface area (Å²) in [6.45, 7) is 4.32. The lowest BCUT2D eigenvalue weighted by atomic mass is 9.98. The molecule has 2 rings (SSSR count). The Balaban J connectivity index is 2.13. The molecule has 1 aromatic rings. The third-order valence-corrected chi connectivity index (χ3v) is 4.51. The fourth-order valence-electron chi connectivity index (χ4n) is 2.47. The predicted octanol–water partition coefficient (Wildman–Crippen LogP) is 1.76. The van der Waals surface area contributed by atoms with Crippen LogP contribution < -0.4 is 11.1 Å². The van der Waals surface area contributed by atoms with Crippen LogP contribution in [0.2, 0.25) is 0 Å². The van der Waals surface area contributed by atoms with E-state index in [4.69, 9.17) is 5.73 Å². The Morgan fingerprint density at radius 1 is 1.47 bits per heavy atom. The van der Waals surface area contributed by atoms with Crippen molar-refractivity contribution in [2.45, 2.75) is 45.1 Å². The summed E-state index contributed by atoms with van der Waals surface area (Å²) in [5, 5.41) is 4.05. The van der Waals surface area contributed by atoms with E-state index in [0.717, 1.165) is 41.3 Å². The number of hydrogen-bond donors (Lipinski definition) is 2. The first-order valence-electron chi connectivity index (χ1n) is 6.03. The highest BCUT2D eigenvalue weighted by molar-refractivity contribution is 7.13. The first-order valence-corrected chi connectivity index (χ1v) is 6.84. The minimum absolute atomic E-state index is 0.0135. The van der Waals surface area contributed by atoms with Gasteiger partial charge in [0.05, 0.1) is 16.2 Å². The van der Waals surface area contributed by atoms with E-state index in [-0.39, 0.29) is 11.4 Å². The largest absolute Gasteiger partial charge is 0.345 e. The molecule has 1 aromatic heterocycles. The molecule has 0 saturated heterocycles. The van der Waals surface area contributed by atoms with Crippen molar-refractivity contribution in [3.63, 3.8) is 0 Å². The number of amides is 1. The molecular weight excluding hydrogens is 234 g/mol. The maximum Gasteiger partial charge on any atom is 0.263 e. The number of carbonyl (C=O) groups is 1. The van der Waals surface area contributed by atoms with Crippen molar-refractivity contribution in [2.75, 3.05) is 6.54 Å². The van der Waals surface area contributed by atoms with Crippen molar-refractivity contribution < 1.29 is 4.79 Å². The van der Waals surface area contributed by atoms with E-state index >= 15 is 0 Å². The summed E-state index contributed by atoms with van der Waals surface area (Å²) in [6, 6.07) is 0. The van der Waals surface area contributed by atoms with Crippen molar-refractivity contribution in [3.05, 3.63) is 15.6 Å². The van der Waals surface area contributed by atoms with Crippen LogP contribution in [0, 0.1) is 13.8 Å². The standard InChI is InChI=1S/C12H19N3OS/c1-8-10(17-9(2)14-8)11(16)15-12(7-13)5-3-4-6-12/h3-7,13H2,1-2H3,(H,15,16). The Kier molecular flexibility index (Phi) is 3.49. The van der Waals surface area contributed by atoms with E-state index in [1.54, 1.807) is 0 Å². The van der Waals surface area contributed by atoms with E-state index in [2.05, 4.69) is 10.3 Å². The number of nitrogens with one attached hydrogen (secondary N) is 1. The topological polar surface area (TPSA) is 68.0 Å². The van der Waals surface area contributed by atoms with E-state index in [1.165, 1.54) is 11.3 Å². The summed E-state index contributed by atoms with van der Waals surface area (Å²) in [4.78, 5) is 17.2. The molecule has 0 atom stereocenters. The van der Waals surface area contributed by atoms with Crippen molar-refractivity contribution in [1.82, 2.24) is 10.3 Å². The van der Waals surface area contributed by atoms with Crippen molar-refractivity contribution in [2.24, 2.45) is 5.73 Å². The van der Waals surface area contributed by atoms with Gasteiger partial charge in [0, 0.05) is 6.54 Å². The second kappa shape index (κ2) is 4.74. The van der Waals surface area contributed by atoms with Crippen LogP contribution in [0.3, 0.4) is 0 Å². The van der Waals surface area contributed by atoms with Gasteiger partial charge in [-0.25, -0.2) is 4.98 Å². The van der Waals surface area contributed by atoms with Crippen LogP contribution in [0.4, 0.5) is 0 Å². The highest BCUT2D eigenvalue weighted by Gasteiger charge is 2.34. The molecule has 1 aliphatic rings. The number of nitrogens with zero attached hydrogens (tertiary/aromatic N) is 1. The second-order valence-electron chi connectivity index (χ2n) is 4.79. The predicted molar refractivity (Wildman–Crippen MR) is 69.3 cm³/mol. The molecule has 1 saturated carbocycles. The second-order valence-corrected chi connectivity index (χ2v) is 6.00. The third kappa shape index (κ3) is 2.50. The van der Waals surface area contributed by atoms with Gasteiger partial charge in [0.2, 0.25) is 0 Å². The molecule has 1 heterocycles. The van der Waals surface area contributed by atoms with Gasteiger partial charge >= 0.3 is 0 Å². The fraction of sp³-hybridized carbons (Fsp3) is 0.667. The fourth-order valence-corrected chi connectivity index (χ4v) is 3.29. The van der Waals surface area contributed by atoms with Crippen LogP contribution in [0.1, 0.15) is 46.1 Å². The number of aryl methyl sites for hydroxylation is 2. The van der Waals surface area contributed by atoms with E-state index in [1.807, 2.05) is 13.8 Å².